The molecule has 0 aliphatic heterocycles. The van der Waals surface area contributed by atoms with Gasteiger partial charge >= 0.3 is 0 Å². The van der Waals surface area contributed by atoms with Crippen molar-refractivity contribution in [3.05, 3.63) is 35.7 Å². The first-order valence-electron chi connectivity index (χ1n) is 5.57. The predicted molar refractivity (Wildman–Crippen MR) is 74.5 cm³/mol. The van der Waals surface area contributed by atoms with E-state index >= 15 is 0 Å². The molecule has 0 saturated heterocycles. The van der Waals surface area contributed by atoms with Gasteiger partial charge in [-0.15, -0.1) is 0 Å². The molecule has 19 heavy (non-hydrogen) atoms. The van der Waals surface area contributed by atoms with Crippen LogP contribution >= 0.6 is 11.5 Å². The van der Waals surface area contributed by atoms with E-state index in [4.69, 9.17) is 5.73 Å². The van der Waals surface area contributed by atoms with Crippen LogP contribution < -0.4 is 10.5 Å². The average Bonchev–Trinajstić information content (AvgIpc) is 2.74. The van der Waals surface area contributed by atoms with Crippen LogP contribution in [0.2, 0.25) is 0 Å². The predicted octanol–water partition coefficient (Wildman–Crippen LogP) is 1.67. The van der Waals surface area contributed by atoms with E-state index in [9.17, 15) is 8.42 Å². The molecule has 2 aromatic rings. The molecule has 0 spiro atoms. The number of nitrogens with one attached hydrogen (secondary N) is 1. The van der Waals surface area contributed by atoms with Gasteiger partial charge in [-0.25, -0.2) is 13.4 Å². The Morgan fingerprint density at radius 3 is 2.42 bits per heavy atom. The number of aromatic nitrogens is 2. The molecule has 1 aromatic heterocycles. The fraction of sp³-hybridized carbons (Fsp3) is 0.273. The van der Waals surface area contributed by atoms with Gasteiger partial charge in [0.25, 0.3) is 10.0 Å². The highest BCUT2D eigenvalue weighted by molar-refractivity contribution is 7.93. The van der Waals surface area contributed by atoms with Crippen LogP contribution in [0.1, 0.15) is 24.4 Å². The Bertz CT molecular complexity index is 662. The molecule has 8 heteroatoms. The molecule has 0 fully saturated rings. The van der Waals surface area contributed by atoms with Crippen LogP contribution in [0.3, 0.4) is 0 Å². The molecule has 0 aliphatic rings. The molecule has 0 saturated carbocycles. The van der Waals surface area contributed by atoms with Crippen molar-refractivity contribution in [2.45, 2.75) is 24.8 Å². The molecule has 1 unspecified atom stereocenters. The molecule has 3 N–H and O–H groups in total. The maximum absolute atomic E-state index is 12.1. The number of anilines is 1. The fourth-order valence-electron chi connectivity index (χ4n) is 1.46. The van der Waals surface area contributed by atoms with Gasteiger partial charge in [0, 0.05) is 17.6 Å². The second-order valence-corrected chi connectivity index (χ2v) is 6.54. The quantitative estimate of drug-likeness (QED) is 0.894. The summed E-state index contributed by atoms with van der Waals surface area (Å²) in [4.78, 5) is 4.14. The molecule has 0 radical (unpaired) electrons. The van der Waals surface area contributed by atoms with E-state index in [1.807, 2.05) is 6.92 Å². The van der Waals surface area contributed by atoms with Gasteiger partial charge < -0.3 is 5.73 Å². The minimum Gasteiger partial charge on any atom is -0.324 e. The Hall–Kier alpha value is -1.51. The number of hydrogen-bond acceptors (Lipinski definition) is 6. The third-order valence-electron chi connectivity index (χ3n) is 2.47. The molecule has 2 rings (SSSR count). The molecule has 1 atom stereocenters. The number of aryl methyl sites for hydroxylation is 1. The first-order chi connectivity index (χ1) is 8.88. The Morgan fingerprint density at radius 1 is 1.32 bits per heavy atom. The van der Waals surface area contributed by atoms with Crippen molar-refractivity contribution < 1.29 is 8.42 Å². The Balaban J connectivity index is 2.24. The summed E-state index contributed by atoms with van der Waals surface area (Å²) in [6, 6.07) is 6.31. The maximum atomic E-state index is 12.1. The average molecular weight is 298 g/mol. The van der Waals surface area contributed by atoms with Crippen molar-refractivity contribution in [1.29, 1.82) is 0 Å². The van der Waals surface area contributed by atoms with Crippen molar-refractivity contribution in [1.82, 2.24) is 9.36 Å². The second kappa shape index (κ2) is 5.24. The van der Waals surface area contributed by atoms with Gasteiger partial charge in [-0.05, 0) is 31.5 Å². The largest absolute Gasteiger partial charge is 0.324 e. The number of nitrogens with two attached hydrogens (primary N) is 1. The molecule has 1 aromatic carbocycles. The highest BCUT2D eigenvalue weighted by Gasteiger charge is 2.16. The van der Waals surface area contributed by atoms with E-state index in [1.54, 1.807) is 19.1 Å². The van der Waals surface area contributed by atoms with E-state index in [1.165, 1.54) is 12.1 Å². The van der Waals surface area contributed by atoms with E-state index in [2.05, 4.69) is 14.1 Å². The summed E-state index contributed by atoms with van der Waals surface area (Å²) in [5.41, 5.74) is 6.60. The molecular weight excluding hydrogens is 284 g/mol. The SMILES string of the molecule is Cc1nsc(NS(=O)(=O)c2ccc(C(C)N)cc2)n1. The highest BCUT2D eigenvalue weighted by Crippen LogP contribution is 2.19. The first kappa shape index (κ1) is 13.9. The molecular formula is C11H14N4O2S2. The van der Waals surface area contributed by atoms with E-state index < -0.39 is 10.0 Å². The summed E-state index contributed by atoms with van der Waals surface area (Å²) in [5, 5.41) is 0.258. The van der Waals surface area contributed by atoms with Crippen molar-refractivity contribution in [2.24, 2.45) is 5.73 Å². The lowest BCUT2D eigenvalue weighted by molar-refractivity contribution is 0.601. The molecule has 0 bridgehead atoms. The summed E-state index contributed by atoms with van der Waals surface area (Å²) in [6.07, 6.45) is 0. The smallest absolute Gasteiger partial charge is 0.263 e. The summed E-state index contributed by atoms with van der Waals surface area (Å²) in [5.74, 6) is 0.537. The normalized spacial score (nSPS) is 13.2. The highest BCUT2D eigenvalue weighted by atomic mass is 32.2. The lowest BCUT2D eigenvalue weighted by Crippen LogP contribution is -2.13. The molecule has 6 nitrogen and oxygen atoms in total. The fourth-order valence-corrected chi connectivity index (χ4v) is 3.26. The summed E-state index contributed by atoms with van der Waals surface area (Å²) in [6.45, 7) is 3.54. The monoisotopic (exact) mass is 298 g/mol. The minimum absolute atomic E-state index is 0.129. The number of rotatable bonds is 4. The van der Waals surface area contributed by atoms with Crippen molar-refractivity contribution in [2.75, 3.05) is 4.72 Å². The third kappa shape index (κ3) is 3.28. The van der Waals surface area contributed by atoms with Crippen molar-refractivity contribution >= 4 is 26.7 Å². The standard InChI is InChI=1S/C11H14N4O2S2/c1-7(12)9-3-5-10(6-4-9)19(16,17)15-11-13-8(2)14-18-11/h3-7H,12H2,1-2H3,(H,13,14,15). The second-order valence-electron chi connectivity index (χ2n) is 4.11. The molecule has 0 amide bonds. The Morgan fingerprint density at radius 2 is 1.95 bits per heavy atom. The van der Waals surface area contributed by atoms with Crippen LogP contribution in [0, 0.1) is 6.92 Å². The topological polar surface area (TPSA) is 98.0 Å². The number of benzene rings is 1. The van der Waals surface area contributed by atoms with Crippen LogP contribution in [-0.4, -0.2) is 17.8 Å². The van der Waals surface area contributed by atoms with Gasteiger partial charge in [-0.3, -0.25) is 4.72 Å². The zero-order chi connectivity index (χ0) is 14.0. The van der Waals surface area contributed by atoms with Crippen LogP contribution in [0.25, 0.3) is 0 Å². The zero-order valence-corrected chi connectivity index (χ0v) is 12.1. The van der Waals surface area contributed by atoms with Gasteiger partial charge in [-0.1, -0.05) is 12.1 Å². The molecule has 1 heterocycles. The number of nitrogens with zero attached hydrogens (tertiary/aromatic N) is 2. The van der Waals surface area contributed by atoms with Crippen molar-refractivity contribution in [3.8, 4) is 0 Å². The first-order valence-corrected chi connectivity index (χ1v) is 7.83. The van der Waals surface area contributed by atoms with Gasteiger partial charge in [0.05, 0.1) is 4.90 Å². The van der Waals surface area contributed by atoms with E-state index in [-0.39, 0.29) is 16.1 Å². The van der Waals surface area contributed by atoms with Crippen LogP contribution in [0.5, 0.6) is 0 Å². The number of sulfonamides is 1. The molecule has 102 valence electrons. The maximum Gasteiger partial charge on any atom is 0.263 e. The van der Waals surface area contributed by atoms with E-state index in [0.717, 1.165) is 17.1 Å². The van der Waals surface area contributed by atoms with Gasteiger partial charge in [0.1, 0.15) is 5.82 Å². The summed E-state index contributed by atoms with van der Waals surface area (Å²) < 4.78 is 30.5. The van der Waals surface area contributed by atoms with E-state index in [0.29, 0.717) is 5.82 Å². The Labute approximate surface area is 115 Å². The molecule has 0 aliphatic carbocycles. The lowest BCUT2D eigenvalue weighted by Gasteiger charge is -2.08. The summed E-state index contributed by atoms with van der Waals surface area (Å²) >= 11 is 1.01. The van der Waals surface area contributed by atoms with Crippen LogP contribution in [0.15, 0.2) is 29.2 Å². The zero-order valence-electron chi connectivity index (χ0n) is 10.5. The van der Waals surface area contributed by atoms with Gasteiger partial charge in [0.15, 0.2) is 0 Å². The van der Waals surface area contributed by atoms with Gasteiger partial charge in [0.2, 0.25) is 5.13 Å². The lowest BCUT2D eigenvalue weighted by atomic mass is 10.1. The van der Waals surface area contributed by atoms with Crippen LogP contribution in [-0.2, 0) is 10.0 Å². The third-order valence-corrected chi connectivity index (χ3v) is 4.67. The van der Waals surface area contributed by atoms with Gasteiger partial charge in [-0.2, -0.15) is 4.37 Å². The van der Waals surface area contributed by atoms with Crippen LogP contribution in [0.4, 0.5) is 5.13 Å². The Kier molecular flexibility index (Phi) is 3.83. The minimum atomic E-state index is -3.63. The van der Waals surface area contributed by atoms with Crippen molar-refractivity contribution in [3.63, 3.8) is 0 Å². The number of hydrogen-bond donors (Lipinski definition) is 2. The summed E-state index contributed by atoms with van der Waals surface area (Å²) in [7, 11) is -3.63.